The van der Waals surface area contributed by atoms with E-state index in [9.17, 15) is 18.0 Å². The van der Waals surface area contributed by atoms with Crippen molar-refractivity contribution < 1.29 is 22.7 Å². The molecule has 27 heavy (non-hydrogen) atoms. The summed E-state index contributed by atoms with van der Waals surface area (Å²) in [6.07, 6.45) is -0.570. The van der Waals surface area contributed by atoms with Crippen LogP contribution in [0.4, 0.5) is 13.2 Å². The summed E-state index contributed by atoms with van der Waals surface area (Å²) in [5, 5.41) is 4.12. The quantitative estimate of drug-likeness (QED) is 0.505. The Bertz CT molecular complexity index is 889. The number of carbonyl (C=O) groups is 1. The van der Waals surface area contributed by atoms with Crippen molar-refractivity contribution in [3.63, 3.8) is 0 Å². The largest absolute Gasteiger partial charge is 0.459 e. The predicted molar refractivity (Wildman–Crippen MR) is 94.7 cm³/mol. The van der Waals surface area contributed by atoms with Crippen LogP contribution in [0.15, 0.2) is 22.9 Å². The minimum Gasteiger partial charge on any atom is -0.459 e. The standard InChI is InChI=1S/C17H16BrF3N4O2/c1-9(2)27-16(26)12(18)7-25-8-22-15(24-25)11-5-13(10-3-4-10)23-14(6-11)17(19,20)21/h5-10H,3-4H2,1-2H3/b12-7-. The maximum Gasteiger partial charge on any atom is 0.433 e. The number of pyridine rings is 1. The lowest BCUT2D eigenvalue weighted by Gasteiger charge is -2.09. The first-order valence-corrected chi connectivity index (χ1v) is 9.02. The number of alkyl halides is 3. The molecule has 1 fully saturated rings. The maximum atomic E-state index is 13.1. The Morgan fingerprint density at radius 1 is 1.37 bits per heavy atom. The molecule has 1 aliphatic rings. The van der Waals surface area contributed by atoms with Crippen molar-refractivity contribution >= 4 is 28.1 Å². The highest BCUT2D eigenvalue weighted by Crippen LogP contribution is 2.41. The first kappa shape index (κ1) is 19.5. The fraction of sp³-hybridized carbons (Fsp3) is 0.412. The molecular weight excluding hydrogens is 429 g/mol. The summed E-state index contributed by atoms with van der Waals surface area (Å²) in [7, 11) is 0. The van der Waals surface area contributed by atoms with E-state index in [2.05, 4.69) is 31.0 Å². The van der Waals surface area contributed by atoms with E-state index in [0.29, 0.717) is 5.69 Å². The van der Waals surface area contributed by atoms with Gasteiger partial charge in [0.15, 0.2) is 5.82 Å². The Morgan fingerprint density at radius 2 is 2.07 bits per heavy atom. The molecule has 0 atom stereocenters. The van der Waals surface area contributed by atoms with Gasteiger partial charge in [0.25, 0.3) is 0 Å². The smallest absolute Gasteiger partial charge is 0.433 e. The van der Waals surface area contributed by atoms with Crippen LogP contribution in [0.2, 0.25) is 0 Å². The Balaban J connectivity index is 1.90. The van der Waals surface area contributed by atoms with Gasteiger partial charge in [-0.2, -0.15) is 13.2 Å². The van der Waals surface area contributed by atoms with Gasteiger partial charge in [0.1, 0.15) is 16.5 Å². The van der Waals surface area contributed by atoms with Crippen molar-refractivity contribution in [2.24, 2.45) is 0 Å². The van der Waals surface area contributed by atoms with Gasteiger partial charge in [-0.3, -0.25) is 0 Å². The Hall–Kier alpha value is -2.23. The molecule has 1 aliphatic carbocycles. The first-order chi connectivity index (χ1) is 12.6. The van der Waals surface area contributed by atoms with Gasteiger partial charge in [-0.1, -0.05) is 0 Å². The number of ether oxygens (including phenoxy) is 1. The lowest BCUT2D eigenvalue weighted by molar-refractivity contribution is -0.142. The number of aromatic nitrogens is 4. The predicted octanol–water partition coefficient (Wildman–Crippen LogP) is 4.38. The van der Waals surface area contributed by atoms with Gasteiger partial charge in [-0.05, 0) is 54.8 Å². The molecular formula is C17H16BrF3N4O2. The first-order valence-electron chi connectivity index (χ1n) is 8.22. The second kappa shape index (κ2) is 7.41. The monoisotopic (exact) mass is 444 g/mol. The minimum atomic E-state index is -4.55. The van der Waals surface area contributed by atoms with E-state index >= 15 is 0 Å². The van der Waals surface area contributed by atoms with Crippen LogP contribution in [0, 0.1) is 0 Å². The molecule has 6 nitrogen and oxygen atoms in total. The fourth-order valence-corrected chi connectivity index (χ4v) is 2.63. The molecule has 0 aromatic carbocycles. The molecule has 0 unspecified atom stereocenters. The molecule has 2 heterocycles. The molecule has 3 rings (SSSR count). The molecule has 0 spiro atoms. The lowest BCUT2D eigenvalue weighted by atomic mass is 10.1. The van der Waals surface area contributed by atoms with Crippen molar-refractivity contribution in [3.8, 4) is 11.4 Å². The lowest BCUT2D eigenvalue weighted by Crippen LogP contribution is -2.11. The fourth-order valence-electron chi connectivity index (χ4n) is 2.32. The van der Waals surface area contributed by atoms with Gasteiger partial charge < -0.3 is 4.74 Å². The highest BCUT2D eigenvalue weighted by atomic mass is 79.9. The summed E-state index contributed by atoms with van der Waals surface area (Å²) < 4.78 is 45.8. The van der Waals surface area contributed by atoms with E-state index in [4.69, 9.17) is 4.74 Å². The molecule has 2 aromatic heterocycles. The van der Waals surface area contributed by atoms with E-state index in [1.165, 1.54) is 17.2 Å². The highest BCUT2D eigenvalue weighted by Gasteiger charge is 2.35. The number of halogens is 4. The van der Waals surface area contributed by atoms with Crippen LogP contribution in [-0.2, 0) is 15.7 Å². The van der Waals surface area contributed by atoms with Crippen molar-refractivity contribution in [2.45, 2.75) is 44.9 Å². The van der Waals surface area contributed by atoms with Crippen molar-refractivity contribution in [2.75, 3.05) is 0 Å². The SMILES string of the molecule is CC(C)OC(=O)/C(Br)=C/n1cnc(-c2cc(C3CC3)nc(C(F)(F)F)c2)n1. The van der Waals surface area contributed by atoms with Crippen LogP contribution >= 0.6 is 15.9 Å². The van der Waals surface area contributed by atoms with E-state index in [1.54, 1.807) is 19.9 Å². The van der Waals surface area contributed by atoms with E-state index in [-0.39, 0.29) is 27.9 Å². The summed E-state index contributed by atoms with van der Waals surface area (Å²) in [6.45, 7) is 3.43. The summed E-state index contributed by atoms with van der Waals surface area (Å²) in [6, 6.07) is 2.51. The third-order valence-electron chi connectivity index (χ3n) is 3.68. The number of carbonyl (C=O) groups excluding carboxylic acids is 1. The molecule has 2 aromatic rings. The molecule has 0 bridgehead atoms. The third kappa shape index (κ3) is 4.94. The molecule has 1 saturated carbocycles. The zero-order chi connectivity index (χ0) is 19.8. The van der Waals surface area contributed by atoms with Gasteiger partial charge >= 0.3 is 12.1 Å². The maximum absolute atomic E-state index is 13.1. The van der Waals surface area contributed by atoms with Crippen LogP contribution in [0.5, 0.6) is 0 Å². The van der Waals surface area contributed by atoms with Gasteiger partial charge in [0, 0.05) is 17.2 Å². The van der Waals surface area contributed by atoms with Gasteiger partial charge in [-0.15, -0.1) is 5.10 Å². The van der Waals surface area contributed by atoms with Crippen LogP contribution in [0.3, 0.4) is 0 Å². The summed E-state index contributed by atoms with van der Waals surface area (Å²) >= 11 is 3.09. The van der Waals surface area contributed by atoms with Crippen molar-refractivity contribution in [1.29, 1.82) is 0 Å². The molecule has 0 amide bonds. The zero-order valence-corrected chi connectivity index (χ0v) is 16.1. The van der Waals surface area contributed by atoms with Crippen LogP contribution < -0.4 is 0 Å². The third-order valence-corrected chi connectivity index (χ3v) is 4.21. The minimum absolute atomic E-state index is 0.0491. The summed E-state index contributed by atoms with van der Waals surface area (Å²) in [4.78, 5) is 19.6. The van der Waals surface area contributed by atoms with Gasteiger partial charge in [0.05, 0.1) is 12.3 Å². The second-order valence-electron chi connectivity index (χ2n) is 6.42. The number of hydrogen-bond donors (Lipinski definition) is 0. The van der Waals surface area contributed by atoms with Crippen LogP contribution in [0.1, 0.15) is 44.0 Å². The average molecular weight is 445 g/mol. The van der Waals surface area contributed by atoms with Crippen molar-refractivity contribution in [1.82, 2.24) is 19.7 Å². The molecule has 0 aliphatic heterocycles. The summed E-state index contributed by atoms with van der Waals surface area (Å²) in [5.41, 5.74) is -0.337. The average Bonchev–Trinajstić information content (AvgIpc) is 3.32. The highest BCUT2D eigenvalue weighted by molar-refractivity contribution is 9.12. The Kier molecular flexibility index (Phi) is 5.36. The molecule has 144 valence electrons. The number of hydrogen-bond acceptors (Lipinski definition) is 5. The molecule has 0 N–H and O–H groups in total. The van der Waals surface area contributed by atoms with E-state index in [0.717, 1.165) is 18.9 Å². The van der Waals surface area contributed by atoms with Gasteiger partial charge in [0.2, 0.25) is 0 Å². The number of rotatable bonds is 5. The normalized spacial score (nSPS) is 15.3. The zero-order valence-electron chi connectivity index (χ0n) is 14.5. The number of esters is 1. The topological polar surface area (TPSA) is 69.9 Å². The van der Waals surface area contributed by atoms with Crippen LogP contribution in [0.25, 0.3) is 17.6 Å². The van der Waals surface area contributed by atoms with E-state index in [1.807, 2.05) is 0 Å². The summed E-state index contributed by atoms with van der Waals surface area (Å²) in [5.74, 6) is -0.423. The Labute approximate surface area is 161 Å². The van der Waals surface area contributed by atoms with Crippen LogP contribution in [-0.4, -0.2) is 31.8 Å². The molecule has 0 radical (unpaired) electrons. The van der Waals surface area contributed by atoms with Gasteiger partial charge in [-0.25, -0.2) is 19.4 Å². The van der Waals surface area contributed by atoms with E-state index < -0.39 is 17.8 Å². The number of nitrogens with zero attached hydrogens (tertiary/aromatic N) is 4. The van der Waals surface area contributed by atoms with Crippen molar-refractivity contribution in [3.05, 3.63) is 34.3 Å². The molecule has 0 saturated heterocycles. The second-order valence-corrected chi connectivity index (χ2v) is 7.27. The Morgan fingerprint density at radius 3 is 2.67 bits per heavy atom. The molecule has 10 heteroatoms.